The Balaban J connectivity index is 1.11. The molecule has 2 aromatic rings. The van der Waals surface area contributed by atoms with Gasteiger partial charge in [-0.15, -0.1) is 0 Å². The van der Waals surface area contributed by atoms with Crippen LogP contribution < -0.4 is 15.5 Å². The zero-order valence-corrected chi connectivity index (χ0v) is 18.9. The van der Waals surface area contributed by atoms with Gasteiger partial charge in [-0.1, -0.05) is 6.07 Å². The number of amides is 2. The van der Waals surface area contributed by atoms with Gasteiger partial charge in [-0.2, -0.15) is 0 Å². The topological polar surface area (TPSA) is 74.3 Å². The summed E-state index contributed by atoms with van der Waals surface area (Å²) in [5.41, 5.74) is 0.403. The second kappa shape index (κ2) is 8.03. The number of hydrogen-bond donors (Lipinski definition) is 2. The zero-order valence-electron chi connectivity index (χ0n) is 18.9. The maximum absolute atomic E-state index is 13.8. The summed E-state index contributed by atoms with van der Waals surface area (Å²) in [6.45, 7) is 0. The van der Waals surface area contributed by atoms with Crippen LogP contribution in [-0.2, 0) is 10.2 Å². The molecule has 2 saturated heterocycles. The average Bonchev–Trinajstić information content (AvgIpc) is 3.75. The summed E-state index contributed by atoms with van der Waals surface area (Å²) in [7, 11) is 0. The molecule has 2 aliphatic carbocycles. The Kier molecular flexibility index (Phi) is 5.08. The van der Waals surface area contributed by atoms with E-state index in [-0.39, 0.29) is 29.9 Å². The van der Waals surface area contributed by atoms with E-state index in [0.717, 1.165) is 56.5 Å². The first-order valence-corrected chi connectivity index (χ1v) is 12.2. The monoisotopic (exact) mass is 466 g/mol. The van der Waals surface area contributed by atoms with E-state index < -0.39 is 17.0 Å². The molecular weight excluding hydrogens is 438 g/mol. The molecule has 3 atom stereocenters. The Morgan fingerprint density at radius 3 is 2.24 bits per heavy atom. The minimum atomic E-state index is -0.911. The van der Waals surface area contributed by atoms with E-state index in [1.165, 1.54) is 6.07 Å². The molecule has 2 saturated carbocycles. The second-order valence-corrected chi connectivity index (χ2v) is 10.3. The van der Waals surface area contributed by atoms with Gasteiger partial charge in [0.25, 0.3) is 5.91 Å². The number of anilines is 1. The van der Waals surface area contributed by atoms with Crippen LogP contribution in [0.4, 0.5) is 14.6 Å². The van der Waals surface area contributed by atoms with Crippen molar-refractivity contribution in [2.24, 2.45) is 0 Å². The van der Waals surface area contributed by atoms with Gasteiger partial charge in [0.2, 0.25) is 5.91 Å². The van der Waals surface area contributed by atoms with Gasteiger partial charge in [0.15, 0.2) is 11.6 Å². The third kappa shape index (κ3) is 3.83. The number of aromatic nitrogens is 1. The van der Waals surface area contributed by atoms with Gasteiger partial charge in [-0.25, -0.2) is 13.8 Å². The number of piperidine rings is 1. The SMILES string of the molecule is O=C(NC1CC1)c1ccc(N2[C@@H]3CC[C@H]2C[C@@H](NC(=O)C2(c4ccc(F)c(F)c4)CC2)C3)nc1. The first-order valence-electron chi connectivity index (χ1n) is 12.2. The van der Waals surface area contributed by atoms with Crippen LogP contribution in [0.5, 0.6) is 0 Å². The van der Waals surface area contributed by atoms with Crippen LogP contribution >= 0.6 is 0 Å². The molecule has 178 valence electrons. The summed E-state index contributed by atoms with van der Waals surface area (Å²) in [5, 5.41) is 6.21. The first kappa shape index (κ1) is 21.5. The molecule has 0 unspecified atom stereocenters. The zero-order chi connectivity index (χ0) is 23.4. The van der Waals surface area contributed by atoms with Crippen LogP contribution in [0.25, 0.3) is 0 Å². The summed E-state index contributed by atoms with van der Waals surface area (Å²) in [6.07, 6.45) is 8.78. The van der Waals surface area contributed by atoms with Crippen molar-refractivity contribution in [2.45, 2.75) is 80.9 Å². The number of halogens is 2. The van der Waals surface area contributed by atoms with Gasteiger partial charge < -0.3 is 15.5 Å². The Hall–Kier alpha value is -3.03. The van der Waals surface area contributed by atoms with Crippen molar-refractivity contribution in [3.8, 4) is 0 Å². The fourth-order valence-corrected chi connectivity index (χ4v) is 5.73. The van der Waals surface area contributed by atoms with Gasteiger partial charge in [0, 0.05) is 30.4 Å². The van der Waals surface area contributed by atoms with Crippen molar-refractivity contribution in [2.75, 3.05) is 4.90 Å². The van der Waals surface area contributed by atoms with Crippen molar-refractivity contribution in [1.29, 1.82) is 0 Å². The lowest BCUT2D eigenvalue weighted by Crippen LogP contribution is -2.52. The minimum Gasteiger partial charge on any atom is -0.352 e. The number of hydrogen-bond acceptors (Lipinski definition) is 4. The van der Waals surface area contributed by atoms with E-state index in [1.54, 1.807) is 6.20 Å². The Morgan fingerprint density at radius 2 is 1.65 bits per heavy atom. The highest BCUT2D eigenvalue weighted by Crippen LogP contribution is 2.49. The number of carbonyl (C=O) groups is 2. The number of rotatable bonds is 6. The Labute approximate surface area is 197 Å². The summed E-state index contributed by atoms with van der Waals surface area (Å²) >= 11 is 0. The molecule has 8 heteroatoms. The van der Waals surface area contributed by atoms with E-state index in [4.69, 9.17) is 0 Å². The highest BCUT2D eigenvalue weighted by Gasteiger charge is 2.52. The first-order chi connectivity index (χ1) is 16.4. The van der Waals surface area contributed by atoms with Crippen molar-refractivity contribution < 1.29 is 18.4 Å². The smallest absolute Gasteiger partial charge is 0.253 e. The van der Waals surface area contributed by atoms with E-state index >= 15 is 0 Å². The molecule has 2 amide bonds. The molecule has 6 nitrogen and oxygen atoms in total. The van der Waals surface area contributed by atoms with Crippen molar-refractivity contribution in [3.05, 3.63) is 59.3 Å². The van der Waals surface area contributed by atoms with Crippen LogP contribution in [-0.4, -0.2) is 41.0 Å². The molecule has 2 N–H and O–H groups in total. The fourth-order valence-electron chi connectivity index (χ4n) is 5.73. The largest absolute Gasteiger partial charge is 0.352 e. The number of nitrogens with zero attached hydrogens (tertiary/aromatic N) is 2. The molecule has 1 aromatic heterocycles. The maximum Gasteiger partial charge on any atom is 0.253 e. The molecule has 6 rings (SSSR count). The highest BCUT2D eigenvalue weighted by atomic mass is 19.2. The minimum absolute atomic E-state index is 0.0487. The lowest BCUT2D eigenvalue weighted by atomic mass is 9.92. The standard InChI is InChI=1S/C26H28F2N4O2/c27-21-7-2-16(11-22(21)28)26(9-10-26)25(34)31-18-12-19-5-6-20(13-18)32(19)23-8-1-15(14-29-23)24(33)30-17-3-4-17/h1-2,7-8,11,14,17-20H,3-6,9-10,12-13H2,(H,30,33)(H,31,34)/t18-,19+,20-. The van der Waals surface area contributed by atoms with E-state index in [0.29, 0.717) is 30.0 Å². The number of pyridine rings is 1. The average molecular weight is 467 g/mol. The molecule has 34 heavy (non-hydrogen) atoms. The third-order valence-electron chi connectivity index (χ3n) is 7.91. The predicted molar refractivity (Wildman–Crippen MR) is 122 cm³/mol. The van der Waals surface area contributed by atoms with Crippen molar-refractivity contribution >= 4 is 17.6 Å². The summed E-state index contributed by atoms with van der Waals surface area (Å²) < 4.78 is 27.1. The van der Waals surface area contributed by atoms with Crippen LogP contribution in [0.3, 0.4) is 0 Å². The van der Waals surface area contributed by atoms with Crippen LogP contribution in [0.15, 0.2) is 36.5 Å². The van der Waals surface area contributed by atoms with E-state index in [2.05, 4.69) is 20.5 Å². The van der Waals surface area contributed by atoms with Gasteiger partial charge in [0.1, 0.15) is 5.82 Å². The number of benzene rings is 1. The molecule has 0 radical (unpaired) electrons. The summed E-state index contributed by atoms with van der Waals surface area (Å²) in [4.78, 5) is 32.4. The van der Waals surface area contributed by atoms with E-state index in [1.807, 2.05) is 12.1 Å². The van der Waals surface area contributed by atoms with Crippen LogP contribution in [0, 0.1) is 11.6 Å². The van der Waals surface area contributed by atoms with Gasteiger partial charge in [-0.3, -0.25) is 9.59 Å². The molecule has 2 aliphatic heterocycles. The highest BCUT2D eigenvalue weighted by molar-refractivity contribution is 5.94. The molecule has 0 spiro atoms. The molecule has 4 aliphatic rings. The van der Waals surface area contributed by atoms with Gasteiger partial charge in [-0.05, 0) is 81.2 Å². The van der Waals surface area contributed by atoms with Crippen LogP contribution in [0.2, 0.25) is 0 Å². The summed E-state index contributed by atoms with van der Waals surface area (Å²) in [6, 6.07) is 8.47. The summed E-state index contributed by atoms with van der Waals surface area (Å²) in [5.74, 6) is -1.08. The lowest BCUT2D eigenvalue weighted by Gasteiger charge is -2.40. The number of fused-ring (bicyclic) bond motifs is 2. The van der Waals surface area contributed by atoms with Gasteiger partial charge in [0.05, 0.1) is 11.0 Å². The number of nitrogens with one attached hydrogen (secondary N) is 2. The fraction of sp³-hybridized carbons (Fsp3) is 0.500. The maximum atomic E-state index is 13.8. The van der Waals surface area contributed by atoms with E-state index in [9.17, 15) is 18.4 Å². The second-order valence-electron chi connectivity index (χ2n) is 10.3. The van der Waals surface area contributed by atoms with Crippen molar-refractivity contribution in [1.82, 2.24) is 15.6 Å². The quantitative estimate of drug-likeness (QED) is 0.682. The Morgan fingerprint density at radius 1 is 0.912 bits per heavy atom. The Bertz CT molecular complexity index is 1120. The molecule has 4 fully saturated rings. The lowest BCUT2D eigenvalue weighted by molar-refractivity contribution is -0.124. The van der Waals surface area contributed by atoms with Gasteiger partial charge >= 0.3 is 0 Å². The van der Waals surface area contributed by atoms with Crippen molar-refractivity contribution in [3.63, 3.8) is 0 Å². The molecule has 1 aromatic carbocycles. The van der Waals surface area contributed by atoms with Crippen LogP contribution in [0.1, 0.15) is 67.3 Å². The molecule has 3 heterocycles. The number of carbonyl (C=O) groups excluding carboxylic acids is 2. The third-order valence-corrected chi connectivity index (χ3v) is 7.91. The molecule has 2 bridgehead atoms. The molecular formula is C26H28F2N4O2. The predicted octanol–water partition coefficient (Wildman–Crippen LogP) is 3.60. The normalized spacial score (nSPS) is 26.8.